The van der Waals surface area contributed by atoms with Crippen LogP contribution in [0, 0.1) is 12.7 Å². The van der Waals surface area contributed by atoms with Gasteiger partial charge in [0.1, 0.15) is 5.00 Å². The van der Waals surface area contributed by atoms with Crippen LogP contribution < -0.4 is 10.1 Å². The number of nitrogens with one attached hydrogen (secondary N) is 1. The maximum Gasteiger partial charge on any atom is 0.341 e. The minimum Gasteiger partial charge on any atom is -0.481 e. The van der Waals surface area contributed by atoms with Crippen LogP contribution in [0.15, 0.2) is 24.3 Å². The van der Waals surface area contributed by atoms with Gasteiger partial charge in [0.2, 0.25) is 0 Å². The molecule has 1 N–H and O–H groups in total. The molecule has 0 fully saturated rings. The molecule has 0 aliphatic rings. The molecule has 134 valence electrons. The van der Waals surface area contributed by atoms with Gasteiger partial charge >= 0.3 is 5.97 Å². The minimum absolute atomic E-state index is 0.000117. The van der Waals surface area contributed by atoms with Gasteiger partial charge in [-0.1, -0.05) is 19.1 Å². The number of benzene rings is 1. The molecular formula is C18H20FNO4S. The summed E-state index contributed by atoms with van der Waals surface area (Å²) in [5.41, 5.74) is 1.17. The first-order chi connectivity index (χ1) is 12.0. The Morgan fingerprint density at radius 1 is 1.24 bits per heavy atom. The van der Waals surface area contributed by atoms with Gasteiger partial charge in [0.05, 0.1) is 12.2 Å². The molecule has 2 rings (SSSR count). The topological polar surface area (TPSA) is 64.6 Å². The molecule has 0 spiro atoms. The SMILES string of the molecule is CCOC(=O)c1c(NC(=O)COc2ccccc2F)sc(CC)c1C. The van der Waals surface area contributed by atoms with Gasteiger partial charge in [0.15, 0.2) is 18.2 Å². The Hall–Kier alpha value is -2.41. The number of hydrogen-bond donors (Lipinski definition) is 1. The molecule has 0 bridgehead atoms. The summed E-state index contributed by atoms with van der Waals surface area (Å²) in [7, 11) is 0. The molecule has 7 heteroatoms. The molecule has 1 heterocycles. The molecule has 0 aliphatic heterocycles. The largest absolute Gasteiger partial charge is 0.481 e. The number of ether oxygens (including phenoxy) is 2. The van der Waals surface area contributed by atoms with E-state index in [1.807, 2.05) is 13.8 Å². The summed E-state index contributed by atoms with van der Waals surface area (Å²) in [4.78, 5) is 25.3. The van der Waals surface area contributed by atoms with Crippen molar-refractivity contribution in [3.8, 4) is 5.75 Å². The van der Waals surface area contributed by atoms with E-state index >= 15 is 0 Å². The van der Waals surface area contributed by atoms with Gasteiger partial charge in [-0.2, -0.15) is 0 Å². The van der Waals surface area contributed by atoms with Crippen molar-refractivity contribution in [2.24, 2.45) is 0 Å². The third kappa shape index (κ3) is 4.57. The van der Waals surface area contributed by atoms with Crippen LogP contribution in [0.3, 0.4) is 0 Å². The summed E-state index contributed by atoms with van der Waals surface area (Å²) in [6, 6.07) is 5.85. The van der Waals surface area contributed by atoms with E-state index in [2.05, 4.69) is 5.32 Å². The van der Waals surface area contributed by atoms with Crippen LogP contribution in [0.25, 0.3) is 0 Å². The second-order valence-electron chi connectivity index (χ2n) is 5.20. The number of thiophene rings is 1. The number of hydrogen-bond acceptors (Lipinski definition) is 5. The molecule has 0 aliphatic carbocycles. The number of amides is 1. The maximum absolute atomic E-state index is 13.5. The average Bonchev–Trinajstić information content (AvgIpc) is 2.89. The fourth-order valence-corrected chi connectivity index (χ4v) is 3.45. The van der Waals surface area contributed by atoms with Crippen molar-refractivity contribution in [1.29, 1.82) is 0 Å². The van der Waals surface area contributed by atoms with Crippen LogP contribution in [0.4, 0.5) is 9.39 Å². The summed E-state index contributed by atoms with van der Waals surface area (Å²) in [6.07, 6.45) is 0.741. The van der Waals surface area contributed by atoms with Crippen LogP contribution in [-0.2, 0) is 16.0 Å². The van der Waals surface area contributed by atoms with E-state index in [1.54, 1.807) is 13.0 Å². The highest BCUT2D eigenvalue weighted by Crippen LogP contribution is 2.34. The first-order valence-corrected chi connectivity index (χ1v) is 8.76. The molecule has 1 aromatic heterocycles. The van der Waals surface area contributed by atoms with Crippen LogP contribution in [-0.4, -0.2) is 25.1 Å². The van der Waals surface area contributed by atoms with E-state index in [-0.39, 0.29) is 19.0 Å². The molecule has 0 saturated carbocycles. The zero-order chi connectivity index (χ0) is 18.4. The number of esters is 1. The summed E-state index contributed by atoms with van der Waals surface area (Å²) in [5.74, 6) is -1.48. The van der Waals surface area contributed by atoms with E-state index in [4.69, 9.17) is 9.47 Å². The second kappa shape index (κ2) is 8.62. The number of aryl methyl sites for hydroxylation is 1. The van der Waals surface area contributed by atoms with Crippen molar-refractivity contribution in [2.45, 2.75) is 27.2 Å². The van der Waals surface area contributed by atoms with Gasteiger partial charge in [0, 0.05) is 4.88 Å². The van der Waals surface area contributed by atoms with Gasteiger partial charge in [-0.15, -0.1) is 11.3 Å². The van der Waals surface area contributed by atoms with Gasteiger partial charge in [-0.3, -0.25) is 4.79 Å². The Morgan fingerprint density at radius 3 is 2.60 bits per heavy atom. The van der Waals surface area contributed by atoms with Crippen LogP contribution >= 0.6 is 11.3 Å². The Morgan fingerprint density at radius 2 is 1.96 bits per heavy atom. The molecule has 5 nitrogen and oxygen atoms in total. The number of halogens is 1. The first kappa shape index (κ1) is 18.9. The predicted octanol–water partition coefficient (Wildman–Crippen LogP) is 3.95. The predicted molar refractivity (Wildman–Crippen MR) is 94.9 cm³/mol. The monoisotopic (exact) mass is 365 g/mol. The Labute approximate surface area is 149 Å². The highest BCUT2D eigenvalue weighted by molar-refractivity contribution is 7.17. The minimum atomic E-state index is -0.539. The molecule has 25 heavy (non-hydrogen) atoms. The van der Waals surface area contributed by atoms with E-state index < -0.39 is 17.7 Å². The molecule has 1 amide bonds. The fraction of sp³-hybridized carbons (Fsp3) is 0.333. The smallest absolute Gasteiger partial charge is 0.341 e. The van der Waals surface area contributed by atoms with Crippen LogP contribution in [0.1, 0.15) is 34.6 Å². The molecule has 0 saturated heterocycles. The van der Waals surface area contributed by atoms with Crippen LogP contribution in [0.2, 0.25) is 0 Å². The third-order valence-corrected chi connectivity index (χ3v) is 4.85. The number of carbonyl (C=O) groups is 2. The second-order valence-corrected chi connectivity index (χ2v) is 6.30. The van der Waals surface area contributed by atoms with Crippen molar-refractivity contribution in [3.63, 3.8) is 0 Å². The molecule has 0 atom stereocenters. The maximum atomic E-state index is 13.5. The zero-order valence-electron chi connectivity index (χ0n) is 14.3. The number of carbonyl (C=O) groups excluding carboxylic acids is 2. The average molecular weight is 365 g/mol. The van der Waals surface area contributed by atoms with Gasteiger partial charge < -0.3 is 14.8 Å². The molecule has 0 radical (unpaired) electrons. The molecule has 2 aromatic rings. The Bertz CT molecular complexity index is 772. The highest BCUT2D eigenvalue weighted by atomic mass is 32.1. The van der Waals surface area contributed by atoms with Crippen molar-refractivity contribution in [2.75, 3.05) is 18.5 Å². The number of rotatable bonds is 7. The molecular weight excluding hydrogens is 345 g/mol. The number of para-hydroxylation sites is 1. The lowest BCUT2D eigenvalue weighted by Gasteiger charge is -2.09. The summed E-state index contributed by atoms with van der Waals surface area (Å²) >= 11 is 1.33. The van der Waals surface area contributed by atoms with Crippen LogP contribution in [0.5, 0.6) is 5.75 Å². The van der Waals surface area contributed by atoms with E-state index in [0.717, 1.165) is 16.9 Å². The van der Waals surface area contributed by atoms with E-state index in [9.17, 15) is 14.0 Å². The normalized spacial score (nSPS) is 10.4. The quantitative estimate of drug-likeness (QED) is 0.755. The summed E-state index contributed by atoms with van der Waals surface area (Å²) in [6.45, 7) is 5.41. The Kier molecular flexibility index (Phi) is 6.52. The lowest BCUT2D eigenvalue weighted by Crippen LogP contribution is -2.21. The third-order valence-electron chi connectivity index (χ3n) is 3.49. The summed E-state index contributed by atoms with van der Waals surface area (Å²) in [5, 5.41) is 3.09. The number of anilines is 1. The van der Waals surface area contributed by atoms with Crippen molar-refractivity contribution >= 4 is 28.2 Å². The van der Waals surface area contributed by atoms with Gasteiger partial charge in [0.25, 0.3) is 5.91 Å². The van der Waals surface area contributed by atoms with Gasteiger partial charge in [-0.25, -0.2) is 9.18 Å². The van der Waals surface area contributed by atoms with E-state index in [0.29, 0.717) is 10.6 Å². The van der Waals surface area contributed by atoms with E-state index in [1.165, 1.54) is 29.5 Å². The first-order valence-electron chi connectivity index (χ1n) is 7.94. The standard InChI is InChI=1S/C18H20FNO4S/c1-4-14-11(3)16(18(22)23-5-2)17(25-14)20-15(21)10-24-13-9-7-6-8-12(13)19/h6-9H,4-5,10H2,1-3H3,(H,20,21). The fourth-order valence-electron chi connectivity index (χ4n) is 2.30. The van der Waals surface area contributed by atoms with Crippen molar-refractivity contribution in [3.05, 3.63) is 46.1 Å². The highest BCUT2D eigenvalue weighted by Gasteiger charge is 2.23. The molecule has 0 unspecified atom stereocenters. The Balaban J connectivity index is 2.12. The lowest BCUT2D eigenvalue weighted by atomic mass is 10.1. The van der Waals surface area contributed by atoms with Gasteiger partial charge in [-0.05, 0) is 38.0 Å². The molecule has 1 aromatic carbocycles. The van der Waals surface area contributed by atoms with Crippen molar-refractivity contribution < 1.29 is 23.5 Å². The summed E-state index contributed by atoms with van der Waals surface area (Å²) < 4.78 is 23.8. The lowest BCUT2D eigenvalue weighted by molar-refractivity contribution is -0.118. The zero-order valence-corrected chi connectivity index (χ0v) is 15.2. The van der Waals surface area contributed by atoms with Crippen molar-refractivity contribution in [1.82, 2.24) is 0 Å².